The molecular weight excluding hydrogens is 320 g/mol. The van der Waals surface area contributed by atoms with Gasteiger partial charge in [0.05, 0.1) is 21.8 Å². The average molecular weight is 340 g/mol. The van der Waals surface area contributed by atoms with Crippen molar-refractivity contribution >= 4 is 28.7 Å². The van der Waals surface area contributed by atoms with E-state index >= 15 is 0 Å². The van der Waals surface area contributed by atoms with Crippen LogP contribution < -0.4 is 4.72 Å². The van der Waals surface area contributed by atoms with Gasteiger partial charge < -0.3 is 5.11 Å². The highest BCUT2D eigenvalue weighted by Gasteiger charge is 2.38. The first-order chi connectivity index (χ1) is 10.3. The van der Waals surface area contributed by atoms with E-state index in [0.717, 1.165) is 5.56 Å². The molecule has 0 fully saturated rings. The van der Waals surface area contributed by atoms with E-state index in [4.69, 9.17) is 0 Å². The molecule has 1 aromatic heterocycles. The third-order valence-electron chi connectivity index (χ3n) is 3.34. The lowest BCUT2D eigenvalue weighted by Crippen LogP contribution is -2.41. The van der Waals surface area contributed by atoms with Crippen LogP contribution in [0, 0.1) is 5.92 Å². The monoisotopic (exact) mass is 340 g/mol. The molecule has 0 spiro atoms. The Kier molecular flexibility index (Phi) is 5.41. The summed E-state index contributed by atoms with van der Waals surface area (Å²) in [4.78, 5) is 15.5. The molecule has 0 radical (unpaired) electrons. The second-order valence-electron chi connectivity index (χ2n) is 6.06. The van der Waals surface area contributed by atoms with Crippen LogP contribution in [0.1, 0.15) is 32.4 Å². The van der Waals surface area contributed by atoms with Gasteiger partial charge in [0.1, 0.15) is 5.25 Å². The summed E-state index contributed by atoms with van der Waals surface area (Å²) in [5.74, 6) is -1.14. The summed E-state index contributed by atoms with van der Waals surface area (Å²) in [5.41, 5.74) is 0.837. The molecule has 7 heteroatoms. The summed E-state index contributed by atoms with van der Waals surface area (Å²) in [7, 11) is -1.31. The SMILES string of the molecule is CC(C)(C)S(=O)NC(c1cccnc1)C1C=CSC1C(=O)O. The van der Waals surface area contributed by atoms with Gasteiger partial charge in [0, 0.05) is 18.3 Å². The van der Waals surface area contributed by atoms with E-state index in [1.165, 1.54) is 11.8 Å². The van der Waals surface area contributed by atoms with Crippen LogP contribution in [0.15, 0.2) is 36.0 Å². The Morgan fingerprint density at radius 1 is 1.50 bits per heavy atom. The number of thioether (sulfide) groups is 1. The smallest absolute Gasteiger partial charge is 0.317 e. The standard InChI is InChI=1S/C15H20N2O3S2/c1-15(2,3)22(20)17-12(10-5-4-7-16-9-10)11-6-8-21-13(11)14(18)19/h4-9,11-13,17H,1-3H3,(H,18,19). The number of rotatable bonds is 5. The van der Waals surface area contributed by atoms with Gasteiger partial charge in [-0.1, -0.05) is 12.1 Å². The number of pyridine rings is 1. The Hall–Kier alpha value is -1.18. The summed E-state index contributed by atoms with van der Waals surface area (Å²) in [6, 6.07) is 3.31. The number of hydrogen-bond donors (Lipinski definition) is 2. The van der Waals surface area contributed by atoms with E-state index in [9.17, 15) is 14.1 Å². The molecule has 5 nitrogen and oxygen atoms in total. The zero-order chi connectivity index (χ0) is 16.3. The van der Waals surface area contributed by atoms with Gasteiger partial charge >= 0.3 is 5.97 Å². The summed E-state index contributed by atoms with van der Waals surface area (Å²) in [6.45, 7) is 5.64. The van der Waals surface area contributed by atoms with Crippen LogP contribution in [-0.2, 0) is 15.8 Å². The number of aliphatic carboxylic acids is 1. The molecule has 0 amide bonds. The van der Waals surface area contributed by atoms with Gasteiger partial charge in [0.25, 0.3) is 0 Å². The maximum Gasteiger partial charge on any atom is 0.317 e. The van der Waals surface area contributed by atoms with Crippen LogP contribution in [0.4, 0.5) is 0 Å². The van der Waals surface area contributed by atoms with Crippen molar-refractivity contribution in [3.8, 4) is 0 Å². The van der Waals surface area contributed by atoms with Crippen molar-refractivity contribution in [2.45, 2.75) is 36.8 Å². The van der Waals surface area contributed by atoms with E-state index in [0.29, 0.717) is 0 Å². The molecule has 120 valence electrons. The minimum Gasteiger partial charge on any atom is -0.480 e. The third-order valence-corrected chi connectivity index (χ3v) is 6.04. The molecule has 4 unspecified atom stereocenters. The maximum atomic E-state index is 12.5. The van der Waals surface area contributed by atoms with Crippen molar-refractivity contribution in [1.82, 2.24) is 9.71 Å². The second kappa shape index (κ2) is 6.93. The highest BCUT2D eigenvalue weighted by molar-refractivity contribution is 8.03. The molecule has 1 aliphatic heterocycles. The fourth-order valence-electron chi connectivity index (χ4n) is 2.14. The Balaban J connectivity index is 2.32. The van der Waals surface area contributed by atoms with Crippen molar-refractivity contribution in [2.75, 3.05) is 0 Å². The average Bonchev–Trinajstić information content (AvgIpc) is 2.93. The first-order valence-electron chi connectivity index (χ1n) is 6.93. The van der Waals surface area contributed by atoms with Crippen LogP contribution >= 0.6 is 11.8 Å². The Morgan fingerprint density at radius 3 is 2.77 bits per heavy atom. The second-order valence-corrected chi connectivity index (χ2v) is 9.11. The zero-order valence-corrected chi connectivity index (χ0v) is 14.4. The number of hydrogen-bond acceptors (Lipinski definition) is 4. The molecule has 2 heterocycles. The van der Waals surface area contributed by atoms with Gasteiger partial charge in [-0.05, 0) is 37.8 Å². The highest BCUT2D eigenvalue weighted by atomic mass is 32.2. The van der Waals surface area contributed by atoms with Crippen LogP contribution in [0.2, 0.25) is 0 Å². The van der Waals surface area contributed by atoms with E-state index in [2.05, 4.69) is 9.71 Å². The molecule has 1 aliphatic rings. The highest BCUT2D eigenvalue weighted by Crippen LogP contribution is 2.38. The van der Waals surface area contributed by atoms with Crippen molar-refractivity contribution in [1.29, 1.82) is 0 Å². The number of carbonyl (C=O) groups is 1. The van der Waals surface area contributed by atoms with Crippen LogP contribution in [0.25, 0.3) is 0 Å². The summed E-state index contributed by atoms with van der Waals surface area (Å²) in [6.07, 6.45) is 5.22. The van der Waals surface area contributed by atoms with E-state index < -0.39 is 27.0 Å². The molecule has 2 N–H and O–H groups in total. The van der Waals surface area contributed by atoms with Crippen LogP contribution in [0.3, 0.4) is 0 Å². The minimum absolute atomic E-state index is 0.280. The van der Waals surface area contributed by atoms with Gasteiger partial charge in [-0.15, -0.1) is 11.8 Å². The molecule has 4 atom stereocenters. The fourth-order valence-corrected chi connectivity index (χ4v) is 4.01. The first-order valence-corrected chi connectivity index (χ1v) is 9.03. The lowest BCUT2D eigenvalue weighted by Gasteiger charge is -2.29. The lowest BCUT2D eigenvalue weighted by molar-refractivity contribution is -0.137. The van der Waals surface area contributed by atoms with Gasteiger partial charge in [-0.2, -0.15) is 0 Å². The van der Waals surface area contributed by atoms with Crippen molar-refractivity contribution in [3.05, 3.63) is 41.6 Å². The summed E-state index contributed by atoms with van der Waals surface area (Å²) >= 11 is 1.28. The minimum atomic E-state index is -1.31. The zero-order valence-electron chi connectivity index (χ0n) is 12.7. The normalized spacial score (nSPS) is 24.1. The van der Waals surface area contributed by atoms with E-state index in [-0.39, 0.29) is 12.0 Å². The number of aromatic nitrogens is 1. The van der Waals surface area contributed by atoms with Gasteiger partial charge in [-0.25, -0.2) is 8.93 Å². The van der Waals surface area contributed by atoms with E-state index in [1.54, 1.807) is 23.9 Å². The molecule has 1 aromatic rings. The molecule has 2 rings (SSSR count). The molecule has 0 aromatic carbocycles. The maximum absolute atomic E-state index is 12.5. The Bertz CT molecular complexity index is 584. The number of carboxylic acid groups (broad SMARTS) is 1. The largest absolute Gasteiger partial charge is 0.480 e. The van der Waals surface area contributed by atoms with Crippen molar-refractivity contribution in [2.24, 2.45) is 5.92 Å². The molecule has 0 saturated heterocycles. The van der Waals surface area contributed by atoms with Gasteiger partial charge in [0.2, 0.25) is 0 Å². The quantitative estimate of drug-likeness (QED) is 0.861. The number of nitrogens with zero attached hydrogens (tertiary/aromatic N) is 1. The predicted octanol–water partition coefficient (Wildman–Crippen LogP) is 2.50. The molecule has 0 bridgehead atoms. The molecule has 22 heavy (non-hydrogen) atoms. The summed E-state index contributed by atoms with van der Waals surface area (Å²) in [5, 5.41) is 10.6. The van der Waals surface area contributed by atoms with Crippen LogP contribution in [0.5, 0.6) is 0 Å². The number of nitrogens with one attached hydrogen (secondary N) is 1. The Morgan fingerprint density at radius 2 is 2.23 bits per heavy atom. The number of carboxylic acids is 1. The first kappa shape index (κ1) is 17.2. The molecule has 0 aliphatic carbocycles. The van der Waals surface area contributed by atoms with Crippen molar-refractivity contribution in [3.63, 3.8) is 0 Å². The lowest BCUT2D eigenvalue weighted by atomic mass is 9.92. The third kappa shape index (κ3) is 3.97. The fraction of sp³-hybridized carbons (Fsp3) is 0.467. The van der Waals surface area contributed by atoms with Gasteiger partial charge in [0.15, 0.2) is 0 Å². The Labute approximate surface area is 137 Å². The summed E-state index contributed by atoms with van der Waals surface area (Å²) < 4.78 is 15.2. The van der Waals surface area contributed by atoms with E-state index in [1.807, 2.05) is 32.9 Å². The van der Waals surface area contributed by atoms with Crippen molar-refractivity contribution < 1.29 is 14.1 Å². The van der Waals surface area contributed by atoms with Gasteiger partial charge in [-0.3, -0.25) is 9.78 Å². The molecule has 0 saturated carbocycles. The van der Waals surface area contributed by atoms with Crippen LogP contribution in [-0.4, -0.2) is 30.3 Å². The molecular formula is C15H20N2O3S2. The topological polar surface area (TPSA) is 79.3 Å². The predicted molar refractivity (Wildman–Crippen MR) is 89.7 cm³/mol.